The third-order valence-electron chi connectivity index (χ3n) is 6.63. The molecule has 2 fully saturated rings. The lowest BCUT2D eigenvalue weighted by molar-refractivity contribution is 0.0499. The summed E-state index contributed by atoms with van der Waals surface area (Å²) in [5.74, 6) is 1.01. The molecule has 26 heavy (non-hydrogen) atoms. The predicted molar refractivity (Wildman–Crippen MR) is 106 cm³/mol. The van der Waals surface area contributed by atoms with E-state index in [1.165, 1.54) is 17.5 Å². The summed E-state index contributed by atoms with van der Waals surface area (Å²) in [7, 11) is 0. The zero-order valence-corrected chi connectivity index (χ0v) is 15.5. The van der Waals surface area contributed by atoms with Gasteiger partial charge in [0.1, 0.15) is 5.75 Å². The van der Waals surface area contributed by atoms with Crippen LogP contribution >= 0.6 is 0 Å². The quantitative estimate of drug-likeness (QED) is 0.884. The molecule has 0 spiro atoms. The molecule has 1 saturated heterocycles. The number of phenolic OH excluding ortho intramolecular Hbond substituents is 1. The van der Waals surface area contributed by atoms with Gasteiger partial charge in [0.05, 0.1) is 0 Å². The van der Waals surface area contributed by atoms with Crippen LogP contribution in [0.25, 0.3) is 0 Å². The van der Waals surface area contributed by atoms with E-state index >= 15 is 0 Å². The second kappa shape index (κ2) is 7.42. The van der Waals surface area contributed by atoms with Crippen LogP contribution in [0.3, 0.4) is 0 Å². The van der Waals surface area contributed by atoms with Crippen LogP contribution in [-0.4, -0.2) is 35.7 Å². The summed E-state index contributed by atoms with van der Waals surface area (Å²) in [6.45, 7) is 3.39. The van der Waals surface area contributed by atoms with Crippen molar-refractivity contribution in [2.75, 3.05) is 19.6 Å². The minimum absolute atomic E-state index is 0.139. The first-order chi connectivity index (χ1) is 12.7. The van der Waals surface area contributed by atoms with Gasteiger partial charge < -0.3 is 15.7 Å². The number of nitrogens with zero attached hydrogens (tertiary/aromatic N) is 1. The highest BCUT2D eigenvalue weighted by Gasteiger charge is 2.47. The first-order valence-corrected chi connectivity index (χ1v) is 9.97. The maximum Gasteiger partial charge on any atom is 0.115 e. The number of piperidine rings is 1. The van der Waals surface area contributed by atoms with Gasteiger partial charge in [0.15, 0.2) is 0 Å². The fourth-order valence-electron chi connectivity index (χ4n) is 5.21. The van der Waals surface area contributed by atoms with E-state index in [0.717, 1.165) is 45.3 Å². The van der Waals surface area contributed by atoms with Crippen LogP contribution in [0.1, 0.15) is 36.8 Å². The zero-order valence-electron chi connectivity index (χ0n) is 15.5. The van der Waals surface area contributed by atoms with Crippen LogP contribution < -0.4 is 5.73 Å². The molecule has 1 saturated carbocycles. The average Bonchev–Trinajstić information content (AvgIpc) is 2.67. The number of fused-ring (bicyclic) bond motifs is 1. The second-order valence-electron chi connectivity index (χ2n) is 8.23. The second-order valence-corrected chi connectivity index (χ2v) is 8.23. The SMILES string of the molecule is NC1CCC2CN(CCc3ccccc3)CCC2(c2cccc(O)c2)C1. The number of hydrogen-bond donors (Lipinski definition) is 2. The number of hydrogen-bond acceptors (Lipinski definition) is 3. The molecule has 2 aliphatic rings. The molecular formula is C23H30N2O. The molecule has 138 valence electrons. The predicted octanol–water partition coefficient (Wildman–Crippen LogP) is 3.71. The van der Waals surface area contributed by atoms with Gasteiger partial charge in [-0.3, -0.25) is 0 Å². The van der Waals surface area contributed by atoms with Crippen molar-refractivity contribution in [3.05, 3.63) is 65.7 Å². The van der Waals surface area contributed by atoms with Crippen molar-refractivity contribution >= 4 is 0 Å². The van der Waals surface area contributed by atoms with E-state index in [0.29, 0.717) is 11.7 Å². The van der Waals surface area contributed by atoms with Crippen LogP contribution in [0, 0.1) is 5.92 Å². The fraction of sp³-hybridized carbons (Fsp3) is 0.478. The Kier molecular flexibility index (Phi) is 5.01. The van der Waals surface area contributed by atoms with E-state index in [1.807, 2.05) is 12.1 Å². The van der Waals surface area contributed by atoms with Gasteiger partial charge in [0, 0.05) is 24.5 Å². The minimum atomic E-state index is 0.139. The standard InChI is InChI=1S/C23H30N2O/c24-21-10-9-20-17-25(13-11-18-5-2-1-3-6-18)14-12-23(20,16-21)19-7-4-8-22(26)15-19/h1-8,15,20-21,26H,9-14,16-17,24H2. The molecule has 1 aliphatic carbocycles. The number of phenols is 1. The average molecular weight is 351 g/mol. The summed E-state index contributed by atoms with van der Waals surface area (Å²) >= 11 is 0. The van der Waals surface area contributed by atoms with Gasteiger partial charge in [-0.05, 0) is 67.8 Å². The molecule has 1 heterocycles. The Morgan fingerprint density at radius 3 is 2.73 bits per heavy atom. The Morgan fingerprint density at radius 2 is 1.92 bits per heavy atom. The molecule has 0 bridgehead atoms. The van der Waals surface area contributed by atoms with Crippen molar-refractivity contribution in [1.29, 1.82) is 0 Å². The van der Waals surface area contributed by atoms with Crippen LogP contribution in [0.2, 0.25) is 0 Å². The van der Waals surface area contributed by atoms with Crippen LogP contribution in [0.5, 0.6) is 5.75 Å². The molecule has 0 aromatic heterocycles. The van der Waals surface area contributed by atoms with Crippen molar-refractivity contribution in [2.24, 2.45) is 11.7 Å². The molecule has 2 aromatic rings. The molecule has 3 atom stereocenters. The third-order valence-corrected chi connectivity index (χ3v) is 6.63. The fourth-order valence-corrected chi connectivity index (χ4v) is 5.21. The Bertz CT molecular complexity index is 732. The van der Waals surface area contributed by atoms with Crippen molar-refractivity contribution in [3.63, 3.8) is 0 Å². The van der Waals surface area contributed by atoms with Crippen molar-refractivity contribution in [1.82, 2.24) is 4.90 Å². The summed E-state index contributed by atoms with van der Waals surface area (Å²) in [6.07, 6.45) is 5.62. The first-order valence-electron chi connectivity index (χ1n) is 9.97. The number of likely N-dealkylation sites (tertiary alicyclic amines) is 1. The van der Waals surface area contributed by atoms with Crippen molar-refractivity contribution in [3.8, 4) is 5.75 Å². The molecule has 3 heteroatoms. The number of nitrogens with two attached hydrogens (primary N) is 1. The largest absolute Gasteiger partial charge is 0.508 e. The molecule has 3 unspecified atom stereocenters. The Morgan fingerprint density at radius 1 is 1.08 bits per heavy atom. The smallest absolute Gasteiger partial charge is 0.115 e. The van der Waals surface area contributed by atoms with E-state index in [4.69, 9.17) is 5.73 Å². The van der Waals surface area contributed by atoms with E-state index in [-0.39, 0.29) is 11.5 Å². The van der Waals surface area contributed by atoms with Gasteiger partial charge >= 0.3 is 0 Å². The van der Waals surface area contributed by atoms with E-state index in [1.54, 1.807) is 6.07 Å². The van der Waals surface area contributed by atoms with Crippen molar-refractivity contribution in [2.45, 2.75) is 43.6 Å². The van der Waals surface area contributed by atoms with Crippen LogP contribution in [-0.2, 0) is 11.8 Å². The summed E-state index contributed by atoms with van der Waals surface area (Å²) in [6, 6.07) is 19.0. The Labute approximate surface area is 156 Å². The van der Waals surface area contributed by atoms with E-state index in [2.05, 4.69) is 41.3 Å². The Balaban J connectivity index is 1.50. The molecule has 3 nitrogen and oxygen atoms in total. The molecule has 1 aliphatic heterocycles. The monoisotopic (exact) mass is 350 g/mol. The summed E-state index contributed by atoms with van der Waals surface area (Å²) in [4.78, 5) is 2.63. The molecule has 3 N–H and O–H groups in total. The maximum absolute atomic E-state index is 10.0. The highest BCUT2D eigenvalue weighted by Crippen LogP contribution is 2.49. The molecule has 2 aromatic carbocycles. The Hall–Kier alpha value is -1.84. The third kappa shape index (κ3) is 3.51. The van der Waals surface area contributed by atoms with Gasteiger partial charge in [-0.2, -0.15) is 0 Å². The van der Waals surface area contributed by atoms with E-state index < -0.39 is 0 Å². The molecule has 0 radical (unpaired) electrons. The first kappa shape index (κ1) is 17.6. The van der Waals surface area contributed by atoms with Gasteiger partial charge in [0.25, 0.3) is 0 Å². The van der Waals surface area contributed by atoms with Gasteiger partial charge in [0.2, 0.25) is 0 Å². The molecule has 0 amide bonds. The highest BCUT2D eigenvalue weighted by atomic mass is 16.3. The highest BCUT2D eigenvalue weighted by molar-refractivity contribution is 5.35. The van der Waals surface area contributed by atoms with Gasteiger partial charge in [-0.25, -0.2) is 0 Å². The topological polar surface area (TPSA) is 49.5 Å². The molecular weight excluding hydrogens is 320 g/mol. The lowest BCUT2D eigenvalue weighted by Gasteiger charge is -2.52. The van der Waals surface area contributed by atoms with Crippen LogP contribution in [0.4, 0.5) is 0 Å². The number of rotatable bonds is 4. The van der Waals surface area contributed by atoms with E-state index in [9.17, 15) is 5.11 Å². The van der Waals surface area contributed by atoms with Gasteiger partial charge in [-0.1, -0.05) is 42.5 Å². The molecule has 4 rings (SSSR count). The summed E-state index contributed by atoms with van der Waals surface area (Å²) in [5.41, 5.74) is 9.25. The van der Waals surface area contributed by atoms with Crippen LogP contribution in [0.15, 0.2) is 54.6 Å². The summed E-state index contributed by atoms with van der Waals surface area (Å²) in [5, 5.41) is 10.0. The van der Waals surface area contributed by atoms with Gasteiger partial charge in [-0.15, -0.1) is 0 Å². The zero-order chi connectivity index (χ0) is 18.0. The number of aromatic hydroxyl groups is 1. The summed E-state index contributed by atoms with van der Waals surface area (Å²) < 4.78 is 0. The maximum atomic E-state index is 10.0. The number of benzene rings is 2. The normalized spacial score (nSPS) is 29.3. The lowest BCUT2D eigenvalue weighted by Crippen LogP contribution is -2.55. The minimum Gasteiger partial charge on any atom is -0.508 e. The lowest BCUT2D eigenvalue weighted by atomic mass is 9.58. The van der Waals surface area contributed by atoms with Crippen molar-refractivity contribution < 1.29 is 5.11 Å².